The maximum atomic E-state index is 6.69. The van der Waals surface area contributed by atoms with E-state index in [4.69, 9.17) is 14.4 Å². The van der Waals surface area contributed by atoms with Crippen molar-refractivity contribution in [2.75, 3.05) is 0 Å². The van der Waals surface area contributed by atoms with Crippen molar-refractivity contribution in [3.63, 3.8) is 0 Å². The van der Waals surface area contributed by atoms with Crippen LogP contribution < -0.4 is 0 Å². The monoisotopic (exact) mass is 792 g/mol. The van der Waals surface area contributed by atoms with Crippen molar-refractivity contribution in [2.45, 2.75) is 19.3 Å². The van der Waals surface area contributed by atoms with Gasteiger partial charge in [-0.05, 0) is 109 Å². The molecule has 12 rings (SSSR count). The summed E-state index contributed by atoms with van der Waals surface area (Å²) in [5, 5.41) is 4.72. The van der Waals surface area contributed by atoms with Crippen LogP contribution >= 0.6 is 0 Å². The molecule has 0 saturated heterocycles. The van der Waals surface area contributed by atoms with Crippen LogP contribution in [0.3, 0.4) is 0 Å². The number of hydrogen-bond acceptors (Lipinski definition) is 3. The fraction of sp³-hybridized carbons (Fsp3) is 0.0508. The van der Waals surface area contributed by atoms with Crippen molar-refractivity contribution in [3.8, 4) is 78.4 Å². The zero-order valence-electron chi connectivity index (χ0n) is 34.4. The Balaban J connectivity index is 1.12. The van der Waals surface area contributed by atoms with Gasteiger partial charge in [0.25, 0.3) is 0 Å². The van der Waals surface area contributed by atoms with Crippen molar-refractivity contribution in [1.29, 1.82) is 0 Å². The molecule has 0 spiro atoms. The normalized spacial score (nSPS) is 12.8. The number of fused-ring (bicyclic) bond motifs is 7. The maximum absolute atomic E-state index is 6.69. The second kappa shape index (κ2) is 14.1. The zero-order valence-corrected chi connectivity index (χ0v) is 34.4. The summed E-state index contributed by atoms with van der Waals surface area (Å²) >= 11 is 0. The molecule has 3 nitrogen and oxygen atoms in total. The van der Waals surface area contributed by atoms with Gasteiger partial charge in [-0.15, -0.1) is 0 Å². The number of benzene rings is 9. The van der Waals surface area contributed by atoms with Gasteiger partial charge in [-0.3, -0.25) is 0 Å². The summed E-state index contributed by atoms with van der Waals surface area (Å²) in [5.74, 6) is 0.678. The van der Waals surface area contributed by atoms with Crippen LogP contribution in [0.5, 0.6) is 0 Å². The number of para-hydroxylation sites is 2. The van der Waals surface area contributed by atoms with E-state index in [1.165, 1.54) is 38.6 Å². The summed E-state index contributed by atoms with van der Waals surface area (Å²) in [6.45, 7) is 4.72. The highest BCUT2D eigenvalue weighted by Crippen LogP contribution is 2.54. The van der Waals surface area contributed by atoms with Crippen LogP contribution in [0.25, 0.3) is 111 Å². The zero-order chi connectivity index (χ0) is 41.4. The van der Waals surface area contributed by atoms with Gasteiger partial charge >= 0.3 is 0 Å². The lowest BCUT2D eigenvalue weighted by atomic mass is 9.81. The number of aromatic nitrogens is 2. The highest BCUT2D eigenvalue weighted by Gasteiger charge is 2.37. The van der Waals surface area contributed by atoms with Crippen LogP contribution in [0.2, 0.25) is 0 Å². The summed E-state index contributed by atoms with van der Waals surface area (Å²) in [7, 11) is 0. The molecular formula is C59H40N2O. The van der Waals surface area contributed by atoms with E-state index >= 15 is 0 Å². The number of nitrogens with zero attached hydrogens (tertiary/aromatic N) is 2. The fourth-order valence-electron chi connectivity index (χ4n) is 9.72. The summed E-state index contributed by atoms with van der Waals surface area (Å²) in [5.41, 5.74) is 18.3. The molecule has 0 fully saturated rings. The van der Waals surface area contributed by atoms with Crippen molar-refractivity contribution in [1.82, 2.24) is 9.97 Å². The van der Waals surface area contributed by atoms with Crippen molar-refractivity contribution < 1.29 is 4.42 Å². The molecule has 292 valence electrons. The number of rotatable bonds is 6. The van der Waals surface area contributed by atoms with E-state index in [1.807, 2.05) is 24.3 Å². The molecule has 0 bridgehead atoms. The lowest BCUT2D eigenvalue weighted by Gasteiger charge is -2.22. The Bertz CT molecular complexity index is 3540. The first kappa shape index (κ1) is 36.0. The van der Waals surface area contributed by atoms with Crippen molar-refractivity contribution >= 4 is 32.7 Å². The Morgan fingerprint density at radius 2 is 0.935 bits per heavy atom. The highest BCUT2D eigenvalue weighted by molar-refractivity contribution is 6.10. The van der Waals surface area contributed by atoms with Gasteiger partial charge in [0.2, 0.25) is 0 Å². The average Bonchev–Trinajstić information content (AvgIpc) is 3.82. The molecule has 0 N–H and O–H groups in total. The Morgan fingerprint density at radius 3 is 1.74 bits per heavy atom. The number of furan rings is 1. The van der Waals surface area contributed by atoms with Gasteiger partial charge in [0.1, 0.15) is 11.2 Å². The first-order valence-electron chi connectivity index (χ1n) is 21.3. The van der Waals surface area contributed by atoms with E-state index < -0.39 is 0 Å². The molecule has 0 atom stereocenters. The smallest absolute Gasteiger partial charge is 0.160 e. The van der Waals surface area contributed by atoms with Gasteiger partial charge in [-0.2, -0.15) is 0 Å². The van der Waals surface area contributed by atoms with Gasteiger partial charge in [0, 0.05) is 38.4 Å². The first-order chi connectivity index (χ1) is 30.5. The van der Waals surface area contributed by atoms with E-state index in [-0.39, 0.29) is 5.41 Å². The molecule has 9 aromatic carbocycles. The molecule has 2 heterocycles. The van der Waals surface area contributed by atoms with E-state index in [0.29, 0.717) is 5.82 Å². The second-order valence-electron chi connectivity index (χ2n) is 17.0. The lowest BCUT2D eigenvalue weighted by molar-refractivity contribution is 0.661. The van der Waals surface area contributed by atoms with Gasteiger partial charge in [0.15, 0.2) is 5.82 Å². The van der Waals surface area contributed by atoms with Crippen LogP contribution in [0.15, 0.2) is 211 Å². The van der Waals surface area contributed by atoms with Crippen LogP contribution in [0.4, 0.5) is 0 Å². The van der Waals surface area contributed by atoms with E-state index in [1.54, 1.807) is 0 Å². The van der Waals surface area contributed by atoms with Crippen LogP contribution in [0, 0.1) is 0 Å². The molecule has 2 aromatic heterocycles. The topological polar surface area (TPSA) is 38.9 Å². The SMILES string of the molecule is CC1(C)c2cc3ccccc3cc2-c2c(-c3cc(-c4cc(-c5cccc(-c6ccccc6)c5)nc(-c5ccccc5)n4)cc(-c4cccc5c4oc4ccccc45)c3)cccc21. The minimum Gasteiger partial charge on any atom is -0.455 e. The van der Waals surface area contributed by atoms with E-state index in [0.717, 1.165) is 77.8 Å². The molecule has 0 aliphatic heterocycles. The predicted molar refractivity (Wildman–Crippen MR) is 257 cm³/mol. The first-order valence-corrected chi connectivity index (χ1v) is 21.3. The van der Waals surface area contributed by atoms with Crippen LogP contribution in [-0.2, 0) is 5.41 Å². The Labute approximate surface area is 360 Å². The van der Waals surface area contributed by atoms with Gasteiger partial charge < -0.3 is 4.42 Å². The summed E-state index contributed by atoms with van der Waals surface area (Å²) in [4.78, 5) is 10.6. The standard InChI is InChI=1S/C59H40N2O/c1-59(2)51-28-15-25-46(56(51)50-34-40-20-9-10-21-41(40)35-52(50)59)43-31-44(47-26-14-27-49-48-24-11-12-29-55(48)62-57(47)49)33-45(32-43)54-36-53(60-58(61-54)38-18-7-4-8-19-38)42-23-13-22-39(30-42)37-16-5-3-6-17-37/h3-36H,1-2H3. The third kappa shape index (κ3) is 5.89. The van der Waals surface area contributed by atoms with E-state index in [2.05, 4.69) is 196 Å². The van der Waals surface area contributed by atoms with E-state index in [9.17, 15) is 0 Å². The minimum atomic E-state index is -0.175. The van der Waals surface area contributed by atoms with Gasteiger partial charge in [-0.1, -0.05) is 172 Å². The molecule has 0 radical (unpaired) electrons. The predicted octanol–water partition coefficient (Wildman–Crippen LogP) is 15.8. The Kier molecular flexibility index (Phi) is 8.20. The quantitative estimate of drug-likeness (QED) is 0.168. The molecule has 0 unspecified atom stereocenters. The van der Waals surface area contributed by atoms with Gasteiger partial charge in [-0.25, -0.2) is 9.97 Å². The molecular weight excluding hydrogens is 753 g/mol. The molecule has 1 aliphatic rings. The average molecular weight is 793 g/mol. The Morgan fingerprint density at radius 1 is 0.371 bits per heavy atom. The van der Waals surface area contributed by atoms with Crippen LogP contribution in [-0.4, -0.2) is 9.97 Å². The second-order valence-corrected chi connectivity index (χ2v) is 17.0. The minimum absolute atomic E-state index is 0.175. The maximum Gasteiger partial charge on any atom is 0.160 e. The molecule has 0 saturated carbocycles. The van der Waals surface area contributed by atoms with Crippen molar-refractivity contribution in [2.24, 2.45) is 0 Å². The third-order valence-corrected chi connectivity index (χ3v) is 12.8. The van der Waals surface area contributed by atoms with Crippen molar-refractivity contribution in [3.05, 3.63) is 217 Å². The fourth-order valence-corrected chi connectivity index (χ4v) is 9.72. The lowest BCUT2D eigenvalue weighted by Crippen LogP contribution is -2.14. The summed E-state index contributed by atoms with van der Waals surface area (Å²) in [6.07, 6.45) is 0. The summed E-state index contributed by atoms with van der Waals surface area (Å²) < 4.78 is 6.69. The molecule has 3 heteroatoms. The largest absolute Gasteiger partial charge is 0.455 e. The molecule has 62 heavy (non-hydrogen) atoms. The van der Waals surface area contributed by atoms with Gasteiger partial charge in [0.05, 0.1) is 11.4 Å². The third-order valence-electron chi connectivity index (χ3n) is 12.8. The summed E-state index contributed by atoms with van der Waals surface area (Å²) in [6, 6.07) is 73.7. The van der Waals surface area contributed by atoms with Crippen LogP contribution in [0.1, 0.15) is 25.0 Å². The molecule has 0 amide bonds. The molecule has 11 aromatic rings. The highest BCUT2D eigenvalue weighted by atomic mass is 16.3. The Hall–Kier alpha value is -7.88. The molecule has 1 aliphatic carbocycles. The number of hydrogen-bond donors (Lipinski definition) is 0.